The monoisotopic (exact) mass is 470 g/mol. The van der Waals surface area contributed by atoms with E-state index in [9.17, 15) is 9.59 Å². The van der Waals surface area contributed by atoms with Crippen LogP contribution in [0, 0.1) is 0 Å². The van der Waals surface area contributed by atoms with Crippen LogP contribution in [-0.2, 0) is 5.75 Å². The summed E-state index contributed by atoms with van der Waals surface area (Å²) >= 11 is 8.92. The number of aromatic nitrogens is 3. The summed E-state index contributed by atoms with van der Waals surface area (Å²) in [7, 11) is 0. The normalized spacial score (nSPS) is 11.2. The van der Waals surface area contributed by atoms with Gasteiger partial charge in [0.15, 0.2) is 0 Å². The number of benzene rings is 2. The van der Waals surface area contributed by atoms with Crippen molar-refractivity contribution in [2.24, 2.45) is 0 Å². The Hall–Kier alpha value is -2.68. The SMILES string of the molecule is CC(C)c1nn2c(=O)cc(CSc3ccccc3NC(=O)c3cccc(Cl)c3)nc2s1. The third-order valence-electron chi connectivity index (χ3n) is 4.41. The van der Waals surface area contributed by atoms with Gasteiger partial charge in [-0.3, -0.25) is 9.59 Å². The van der Waals surface area contributed by atoms with E-state index >= 15 is 0 Å². The van der Waals surface area contributed by atoms with E-state index in [2.05, 4.69) is 15.4 Å². The topological polar surface area (TPSA) is 76.4 Å². The minimum absolute atomic E-state index is 0.189. The van der Waals surface area contributed by atoms with Gasteiger partial charge < -0.3 is 5.32 Å². The van der Waals surface area contributed by atoms with Crippen LogP contribution in [0.2, 0.25) is 5.02 Å². The third-order valence-corrected chi connectivity index (χ3v) is 6.96. The molecule has 0 saturated carbocycles. The van der Waals surface area contributed by atoms with Crippen molar-refractivity contribution in [2.75, 3.05) is 5.32 Å². The van der Waals surface area contributed by atoms with E-state index in [-0.39, 0.29) is 17.4 Å². The second-order valence-electron chi connectivity index (χ2n) is 7.12. The van der Waals surface area contributed by atoms with E-state index in [0.717, 1.165) is 9.90 Å². The fourth-order valence-corrected chi connectivity index (χ4v) is 4.87. The van der Waals surface area contributed by atoms with Crippen LogP contribution >= 0.6 is 34.7 Å². The molecule has 0 aliphatic carbocycles. The minimum Gasteiger partial charge on any atom is -0.321 e. The Bertz CT molecular complexity index is 1320. The van der Waals surface area contributed by atoms with Gasteiger partial charge in [0.1, 0.15) is 5.01 Å². The van der Waals surface area contributed by atoms with Crippen LogP contribution in [0.15, 0.2) is 64.3 Å². The van der Waals surface area contributed by atoms with E-state index in [1.165, 1.54) is 33.7 Å². The van der Waals surface area contributed by atoms with Gasteiger partial charge in [-0.2, -0.15) is 9.61 Å². The highest BCUT2D eigenvalue weighted by molar-refractivity contribution is 7.98. The Kier molecular flexibility index (Phi) is 6.41. The number of thioether (sulfide) groups is 1. The van der Waals surface area contributed by atoms with E-state index in [1.54, 1.807) is 24.3 Å². The molecule has 2 heterocycles. The average molecular weight is 471 g/mol. The molecule has 0 aliphatic rings. The lowest BCUT2D eigenvalue weighted by Crippen LogP contribution is -2.15. The summed E-state index contributed by atoms with van der Waals surface area (Å²) in [4.78, 5) is 31.1. The number of nitrogens with one attached hydrogen (secondary N) is 1. The van der Waals surface area contributed by atoms with Crippen LogP contribution < -0.4 is 10.9 Å². The van der Waals surface area contributed by atoms with Gasteiger partial charge in [-0.15, -0.1) is 11.8 Å². The first-order valence-electron chi connectivity index (χ1n) is 9.59. The average Bonchev–Trinajstić information content (AvgIpc) is 3.18. The molecular formula is C22H19ClN4O2S2. The number of carbonyl (C=O) groups excluding carboxylic acids is 1. The number of nitrogens with zero attached hydrogens (tertiary/aromatic N) is 3. The lowest BCUT2D eigenvalue weighted by Gasteiger charge is -2.11. The number of halogens is 1. The standard InChI is InChI=1S/C22H19ClN4O2S2/c1-13(2)21-26-27-19(28)11-16(24-22(27)31-21)12-30-18-9-4-3-8-17(18)25-20(29)14-6-5-7-15(23)10-14/h3-11,13H,12H2,1-2H3,(H,25,29). The van der Waals surface area contributed by atoms with E-state index in [0.29, 0.717) is 32.7 Å². The van der Waals surface area contributed by atoms with Gasteiger partial charge in [-0.05, 0) is 30.3 Å². The predicted molar refractivity (Wildman–Crippen MR) is 127 cm³/mol. The minimum atomic E-state index is -0.237. The molecule has 31 heavy (non-hydrogen) atoms. The molecule has 0 unspecified atom stereocenters. The molecule has 0 radical (unpaired) electrons. The molecular weight excluding hydrogens is 452 g/mol. The van der Waals surface area contributed by atoms with Crippen LogP contribution in [0.3, 0.4) is 0 Å². The van der Waals surface area contributed by atoms with Crippen molar-refractivity contribution in [3.05, 3.63) is 86.2 Å². The molecule has 0 atom stereocenters. The predicted octanol–water partition coefficient (Wildman–Crippen LogP) is 5.47. The Labute approximate surface area is 192 Å². The van der Waals surface area contributed by atoms with Gasteiger partial charge in [0, 0.05) is 33.2 Å². The molecule has 9 heteroatoms. The zero-order valence-electron chi connectivity index (χ0n) is 16.8. The fourth-order valence-electron chi connectivity index (χ4n) is 2.85. The van der Waals surface area contributed by atoms with Crippen molar-refractivity contribution in [1.82, 2.24) is 14.6 Å². The number of rotatable bonds is 6. The summed E-state index contributed by atoms with van der Waals surface area (Å²) in [5, 5.41) is 8.67. The Morgan fingerprint density at radius 3 is 2.77 bits per heavy atom. The van der Waals surface area contributed by atoms with Crippen molar-refractivity contribution < 1.29 is 4.79 Å². The zero-order valence-corrected chi connectivity index (χ0v) is 19.2. The quantitative estimate of drug-likeness (QED) is 0.378. The first-order chi connectivity index (χ1) is 14.9. The van der Waals surface area contributed by atoms with Gasteiger partial charge in [0.25, 0.3) is 11.5 Å². The van der Waals surface area contributed by atoms with Gasteiger partial charge in [0.2, 0.25) is 4.96 Å². The maximum Gasteiger partial charge on any atom is 0.275 e. The second-order valence-corrected chi connectivity index (χ2v) is 9.57. The summed E-state index contributed by atoms with van der Waals surface area (Å²) < 4.78 is 1.35. The Morgan fingerprint density at radius 2 is 2.00 bits per heavy atom. The summed E-state index contributed by atoms with van der Waals surface area (Å²) in [6.45, 7) is 4.07. The van der Waals surface area contributed by atoms with Crippen LogP contribution in [0.5, 0.6) is 0 Å². The van der Waals surface area contributed by atoms with Crippen LogP contribution in [0.1, 0.15) is 40.8 Å². The summed E-state index contributed by atoms with van der Waals surface area (Å²) in [5.41, 5.74) is 1.66. The van der Waals surface area contributed by atoms with Crippen molar-refractivity contribution in [3.63, 3.8) is 0 Å². The first kappa shape index (κ1) is 21.5. The van der Waals surface area contributed by atoms with Crippen molar-refractivity contribution in [2.45, 2.75) is 30.4 Å². The molecule has 0 fully saturated rings. The summed E-state index contributed by atoms with van der Waals surface area (Å²) in [5.74, 6) is 0.489. The van der Waals surface area contributed by atoms with Gasteiger partial charge >= 0.3 is 0 Å². The van der Waals surface area contributed by atoms with E-state index in [1.807, 2.05) is 38.1 Å². The second kappa shape index (κ2) is 9.21. The zero-order chi connectivity index (χ0) is 22.0. The number of fused-ring (bicyclic) bond motifs is 1. The van der Waals surface area contributed by atoms with Crippen molar-refractivity contribution >= 4 is 51.3 Å². The van der Waals surface area contributed by atoms with Crippen LogP contribution in [0.25, 0.3) is 4.96 Å². The number of hydrogen-bond acceptors (Lipinski definition) is 6. The number of para-hydroxylation sites is 1. The molecule has 0 aliphatic heterocycles. The summed E-state index contributed by atoms with van der Waals surface area (Å²) in [6.07, 6.45) is 0. The van der Waals surface area contributed by atoms with Gasteiger partial charge in [-0.25, -0.2) is 4.98 Å². The highest BCUT2D eigenvalue weighted by atomic mass is 35.5. The highest BCUT2D eigenvalue weighted by Gasteiger charge is 2.13. The van der Waals surface area contributed by atoms with Crippen LogP contribution in [0.4, 0.5) is 5.69 Å². The van der Waals surface area contributed by atoms with Crippen molar-refractivity contribution in [1.29, 1.82) is 0 Å². The molecule has 6 nitrogen and oxygen atoms in total. The molecule has 2 aromatic heterocycles. The Morgan fingerprint density at radius 1 is 1.19 bits per heavy atom. The molecule has 0 bridgehead atoms. The van der Waals surface area contributed by atoms with E-state index in [4.69, 9.17) is 11.6 Å². The maximum absolute atomic E-state index is 12.6. The Balaban J connectivity index is 1.53. The third kappa shape index (κ3) is 4.98. The smallest absolute Gasteiger partial charge is 0.275 e. The molecule has 1 N–H and O–H groups in total. The molecule has 2 aromatic carbocycles. The molecule has 4 rings (SSSR count). The lowest BCUT2D eigenvalue weighted by molar-refractivity contribution is 0.102. The molecule has 1 amide bonds. The lowest BCUT2D eigenvalue weighted by atomic mass is 10.2. The molecule has 4 aromatic rings. The first-order valence-corrected chi connectivity index (χ1v) is 11.8. The molecule has 158 valence electrons. The summed E-state index contributed by atoms with van der Waals surface area (Å²) in [6, 6.07) is 15.8. The largest absolute Gasteiger partial charge is 0.321 e. The number of hydrogen-bond donors (Lipinski definition) is 1. The van der Waals surface area contributed by atoms with Gasteiger partial charge in [0.05, 0.1) is 11.4 Å². The molecule has 0 spiro atoms. The molecule has 0 saturated heterocycles. The van der Waals surface area contributed by atoms with Crippen LogP contribution in [-0.4, -0.2) is 20.5 Å². The number of carbonyl (C=O) groups is 1. The highest BCUT2D eigenvalue weighted by Crippen LogP contribution is 2.30. The number of anilines is 1. The number of amides is 1. The fraction of sp³-hybridized carbons (Fsp3) is 0.182. The van der Waals surface area contributed by atoms with Gasteiger partial charge in [-0.1, -0.05) is 55.0 Å². The van der Waals surface area contributed by atoms with Crippen molar-refractivity contribution in [3.8, 4) is 0 Å². The van der Waals surface area contributed by atoms with E-state index < -0.39 is 0 Å². The maximum atomic E-state index is 12.6.